The lowest BCUT2D eigenvalue weighted by Gasteiger charge is -2.45. The zero-order chi connectivity index (χ0) is 14.9. The minimum Gasteiger partial charge on any atom is -0.504 e. The molecule has 112 valence electrons. The van der Waals surface area contributed by atoms with E-state index >= 15 is 0 Å². The van der Waals surface area contributed by atoms with E-state index in [9.17, 15) is 5.11 Å². The number of halogens is 1. The first-order valence-corrected chi connectivity index (χ1v) is 7.20. The van der Waals surface area contributed by atoms with E-state index < -0.39 is 0 Å². The summed E-state index contributed by atoms with van der Waals surface area (Å²) in [6.07, 6.45) is 0. The van der Waals surface area contributed by atoms with E-state index in [0.717, 1.165) is 25.2 Å². The molecule has 1 fully saturated rings. The van der Waals surface area contributed by atoms with Gasteiger partial charge in [0.1, 0.15) is 0 Å². The van der Waals surface area contributed by atoms with Crippen LogP contribution in [0.4, 0.5) is 0 Å². The lowest BCUT2D eigenvalue weighted by atomic mass is 9.99. The van der Waals surface area contributed by atoms with Crippen LogP contribution in [0.5, 0.6) is 11.5 Å². The fraction of sp³-hybridized carbons (Fsp3) is 0.600. The molecule has 1 aromatic rings. The number of phenolic OH excluding ortho intramolecular Hbond substituents is 1. The molecule has 1 heterocycles. The summed E-state index contributed by atoms with van der Waals surface area (Å²) in [6, 6.07) is 3.44. The molecule has 20 heavy (non-hydrogen) atoms. The lowest BCUT2D eigenvalue weighted by molar-refractivity contribution is 0.0356. The number of benzene rings is 1. The molecule has 1 aromatic carbocycles. The third kappa shape index (κ3) is 3.19. The molecule has 1 N–H and O–H groups in total. The molecule has 1 aliphatic rings. The molecule has 1 saturated heterocycles. The Morgan fingerprint density at radius 1 is 1.35 bits per heavy atom. The van der Waals surface area contributed by atoms with Crippen LogP contribution in [0, 0.1) is 0 Å². The van der Waals surface area contributed by atoms with Gasteiger partial charge in [0.25, 0.3) is 0 Å². The predicted molar refractivity (Wildman–Crippen MR) is 81.7 cm³/mol. The number of piperazine rings is 1. The number of likely N-dealkylation sites (N-methyl/N-ethyl adjacent to an activating group) is 1. The van der Waals surface area contributed by atoms with Crippen LogP contribution < -0.4 is 4.74 Å². The Labute approximate surface area is 125 Å². The van der Waals surface area contributed by atoms with Crippen LogP contribution in [0.3, 0.4) is 0 Å². The van der Waals surface area contributed by atoms with Gasteiger partial charge in [0.15, 0.2) is 11.5 Å². The molecule has 5 heteroatoms. The van der Waals surface area contributed by atoms with E-state index in [4.69, 9.17) is 16.3 Å². The first-order valence-electron chi connectivity index (χ1n) is 6.82. The van der Waals surface area contributed by atoms with Gasteiger partial charge in [-0.2, -0.15) is 0 Å². The quantitative estimate of drug-likeness (QED) is 0.930. The maximum absolute atomic E-state index is 10.2. The first kappa shape index (κ1) is 15.4. The third-order valence-corrected chi connectivity index (χ3v) is 4.35. The second-order valence-electron chi connectivity index (χ2n) is 6.06. The number of ether oxygens (including phenoxy) is 1. The molecule has 0 aromatic heterocycles. The van der Waals surface area contributed by atoms with Crippen molar-refractivity contribution in [2.24, 2.45) is 0 Å². The van der Waals surface area contributed by atoms with Crippen LogP contribution >= 0.6 is 11.6 Å². The van der Waals surface area contributed by atoms with Gasteiger partial charge in [-0.05, 0) is 27.0 Å². The smallest absolute Gasteiger partial charge is 0.162 e. The van der Waals surface area contributed by atoms with Crippen LogP contribution in [0.1, 0.15) is 19.4 Å². The number of methoxy groups -OCH3 is 1. The van der Waals surface area contributed by atoms with Gasteiger partial charge in [0.05, 0.1) is 7.11 Å². The summed E-state index contributed by atoms with van der Waals surface area (Å²) >= 11 is 6.08. The molecule has 0 saturated carbocycles. The summed E-state index contributed by atoms with van der Waals surface area (Å²) in [5.74, 6) is 0.620. The highest BCUT2D eigenvalue weighted by molar-refractivity contribution is 6.30. The van der Waals surface area contributed by atoms with Gasteiger partial charge >= 0.3 is 0 Å². The van der Waals surface area contributed by atoms with E-state index in [1.54, 1.807) is 6.07 Å². The van der Waals surface area contributed by atoms with Crippen molar-refractivity contribution >= 4 is 11.6 Å². The number of hydrogen-bond donors (Lipinski definition) is 1. The average Bonchev–Trinajstić information content (AvgIpc) is 2.37. The normalized spacial score (nSPS) is 20.1. The fourth-order valence-corrected chi connectivity index (χ4v) is 2.85. The van der Waals surface area contributed by atoms with Crippen LogP contribution in [0.2, 0.25) is 5.02 Å². The van der Waals surface area contributed by atoms with Crippen LogP contribution in [0.25, 0.3) is 0 Å². The number of aromatic hydroxyl groups is 1. The zero-order valence-electron chi connectivity index (χ0n) is 12.6. The molecule has 2 rings (SSSR count). The van der Waals surface area contributed by atoms with Crippen LogP contribution in [0.15, 0.2) is 12.1 Å². The molecule has 4 nitrogen and oxygen atoms in total. The Kier molecular flexibility index (Phi) is 4.47. The van der Waals surface area contributed by atoms with E-state index in [1.165, 1.54) is 7.11 Å². The first-order chi connectivity index (χ1) is 9.33. The summed E-state index contributed by atoms with van der Waals surface area (Å²) in [6.45, 7) is 8.10. The van der Waals surface area contributed by atoms with E-state index in [0.29, 0.717) is 17.3 Å². The maximum atomic E-state index is 10.2. The summed E-state index contributed by atoms with van der Waals surface area (Å²) in [4.78, 5) is 4.70. The number of nitrogens with zero attached hydrogens (tertiary/aromatic N) is 2. The van der Waals surface area contributed by atoms with Gasteiger partial charge in [0, 0.05) is 48.4 Å². The highest BCUT2D eigenvalue weighted by atomic mass is 35.5. The monoisotopic (exact) mass is 298 g/mol. The summed E-state index contributed by atoms with van der Waals surface area (Å²) in [5.41, 5.74) is 0.950. The largest absolute Gasteiger partial charge is 0.504 e. The van der Waals surface area contributed by atoms with Gasteiger partial charge in [-0.3, -0.25) is 9.80 Å². The second kappa shape index (κ2) is 5.80. The molecule has 0 spiro atoms. The standard InChI is InChI=1S/C15H23ClN2O2/c1-15(2)10-18(6-5-17(15)3)9-11-7-12(16)8-13(20-4)14(11)19/h7-8,19H,5-6,9-10H2,1-4H3. The highest BCUT2D eigenvalue weighted by Crippen LogP contribution is 2.34. The van der Waals surface area contributed by atoms with Crippen molar-refractivity contribution in [1.82, 2.24) is 9.80 Å². The Morgan fingerprint density at radius 2 is 2.05 bits per heavy atom. The van der Waals surface area contributed by atoms with E-state index in [2.05, 4.69) is 30.7 Å². The van der Waals surface area contributed by atoms with Crippen LogP contribution in [-0.4, -0.2) is 54.2 Å². The summed E-state index contributed by atoms with van der Waals surface area (Å²) in [5, 5.41) is 10.8. The van der Waals surface area contributed by atoms with Gasteiger partial charge in [-0.25, -0.2) is 0 Å². The van der Waals surface area contributed by atoms with Crippen molar-refractivity contribution in [3.8, 4) is 11.5 Å². The Bertz CT molecular complexity index is 491. The molecule has 0 bridgehead atoms. The van der Waals surface area contributed by atoms with Crippen molar-refractivity contribution in [1.29, 1.82) is 0 Å². The molecule has 1 aliphatic heterocycles. The SMILES string of the molecule is COc1cc(Cl)cc(CN2CCN(C)C(C)(C)C2)c1O. The molecule has 0 amide bonds. The van der Waals surface area contributed by atoms with Gasteiger partial charge in [-0.1, -0.05) is 11.6 Å². The van der Waals surface area contributed by atoms with E-state index in [-0.39, 0.29) is 11.3 Å². The minimum absolute atomic E-state index is 0.135. The van der Waals surface area contributed by atoms with Crippen molar-refractivity contribution in [3.05, 3.63) is 22.7 Å². The van der Waals surface area contributed by atoms with E-state index in [1.807, 2.05) is 6.07 Å². The Hall–Kier alpha value is -0.970. The third-order valence-electron chi connectivity index (χ3n) is 4.13. The van der Waals surface area contributed by atoms with Gasteiger partial charge < -0.3 is 9.84 Å². The molecular formula is C15H23ClN2O2. The van der Waals surface area contributed by atoms with Crippen molar-refractivity contribution in [3.63, 3.8) is 0 Å². The predicted octanol–water partition coefficient (Wildman–Crippen LogP) is 2.58. The lowest BCUT2D eigenvalue weighted by Crippen LogP contribution is -2.57. The van der Waals surface area contributed by atoms with Crippen molar-refractivity contribution in [2.45, 2.75) is 25.9 Å². The molecule has 0 atom stereocenters. The molecule has 0 unspecified atom stereocenters. The van der Waals surface area contributed by atoms with Crippen molar-refractivity contribution in [2.75, 3.05) is 33.8 Å². The summed E-state index contributed by atoms with van der Waals surface area (Å²) in [7, 11) is 3.69. The van der Waals surface area contributed by atoms with Gasteiger partial charge in [0.2, 0.25) is 0 Å². The molecule has 0 radical (unpaired) electrons. The minimum atomic E-state index is 0.135. The summed E-state index contributed by atoms with van der Waals surface area (Å²) < 4.78 is 5.15. The fourth-order valence-electron chi connectivity index (χ4n) is 2.62. The number of rotatable bonds is 3. The topological polar surface area (TPSA) is 35.9 Å². The highest BCUT2D eigenvalue weighted by Gasteiger charge is 2.31. The van der Waals surface area contributed by atoms with Crippen LogP contribution in [-0.2, 0) is 6.54 Å². The second-order valence-corrected chi connectivity index (χ2v) is 6.50. The molecular weight excluding hydrogens is 276 g/mol. The van der Waals surface area contributed by atoms with Gasteiger partial charge in [-0.15, -0.1) is 0 Å². The maximum Gasteiger partial charge on any atom is 0.162 e. The van der Waals surface area contributed by atoms with Crippen molar-refractivity contribution < 1.29 is 9.84 Å². The molecule has 0 aliphatic carbocycles. The zero-order valence-corrected chi connectivity index (χ0v) is 13.4. The average molecular weight is 299 g/mol. The Balaban J connectivity index is 2.17. The number of hydrogen-bond acceptors (Lipinski definition) is 4. The Morgan fingerprint density at radius 3 is 2.65 bits per heavy atom. The number of phenols is 1.